The summed E-state index contributed by atoms with van der Waals surface area (Å²) in [4.78, 5) is 4.86. The molecule has 3 heteroatoms. The molecule has 0 aliphatic carbocycles. The number of rotatable bonds is 4. The number of hydrogen-bond donors (Lipinski definition) is 1. The zero-order valence-corrected chi connectivity index (χ0v) is 10.1. The average molecular weight is 199 g/mol. The van der Waals surface area contributed by atoms with Crippen LogP contribution in [-0.4, -0.2) is 62.2 Å². The molecule has 2 atom stereocenters. The molecule has 14 heavy (non-hydrogen) atoms. The van der Waals surface area contributed by atoms with Gasteiger partial charge in [-0.3, -0.25) is 4.90 Å². The van der Waals surface area contributed by atoms with Crippen molar-refractivity contribution in [1.82, 2.24) is 15.1 Å². The van der Waals surface area contributed by atoms with Crippen LogP contribution in [0.2, 0.25) is 0 Å². The van der Waals surface area contributed by atoms with Crippen molar-refractivity contribution < 1.29 is 0 Å². The predicted octanol–water partition coefficient (Wildman–Crippen LogP) is 0.620. The molecule has 1 fully saturated rings. The van der Waals surface area contributed by atoms with E-state index in [0.717, 1.165) is 19.1 Å². The number of likely N-dealkylation sites (N-methyl/N-ethyl adjacent to an activating group) is 1. The smallest absolute Gasteiger partial charge is 0.0323 e. The van der Waals surface area contributed by atoms with Gasteiger partial charge in [0.15, 0.2) is 0 Å². The van der Waals surface area contributed by atoms with E-state index in [1.165, 1.54) is 19.5 Å². The molecule has 0 aromatic carbocycles. The lowest BCUT2D eigenvalue weighted by atomic mass is 10.1. The molecule has 84 valence electrons. The summed E-state index contributed by atoms with van der Waals surface area (Å²) >= 11 is 0. The van der Waals surface area contributed by atoms with E-state index in [0.29, 0.717) is 6.04 Å². The van der Waals surface area contributed by atoms with Gasteiger partial charge < -0.3 is 10.2 Å². The molecule has 3 nitrogen and oxygen atoms in total. The molecule has 1 saturated heterocycles. The molecule has 1 aliphatic rings. The Morgan fingerprint density at radius 2 is 2.21 bits per heavy atom. The summed E-state index contributed by atoms with van der Waals surface area (Å²) in [6.07, 6.45) is 1.26. The van der Waals surface area contributed by atoms with Crippen LogP contribution in [0.5, 0.6) is 0 Å². The highest BCUT2D eigenvalue weighted by atomic mass is 15.2. The Morgan fingerprint density at radius 1 is 1.50 bits per heavy atom. The van der Waals surface area contributed by atoms with Gasteiger partial charge in [-0.05, 0) is 27.4 Å². The van der Waals surface area contributed by atoms with Crippen LogP contribution < -0.4 is 5.32 Å². The van der Waals surface area contributed by atoms with Crippen molar-refractivity contribution in [3.05, 3.63) is 0 Å². The first-order valence-electron chi connectivity index (χ1n) is 5.75. The minimum absolute atomic E-state index is 0.646. The van der Waals surface area contributed by atoms with Crippen molar-refractivity contribution >= 4 is 0 Å². The lowest BCUT2D eigenvalue weighted by Crippen LogP contribution is -2.56. The number of piperazine rings is 1. The van der Waals surface area contributed by atoms with E-state index in [1.54, 1.807) is 0 Å². The first-order valence-corrected chi connectivity index (χ1v) is 5.75. The van der Waals surface area contributed by atoms with Crippen molar-refractivity contribution in [2.45, 2.75) is 32.4 Å². The van der Waals surface area contributed by atoms with E-state index in [1.807, 2.05) is 0 Å². The highest BCUT2D eigenvalue weighted by molar-refractivity contribution is 4.82. The van der Waals surface area contributed by atoms with Crippen molar-refractivity contribution in [1.29, 1.82) is 0 Å². The van der Waals surface area contributed by atoms with Gasteiger partial charge in [0.25, 0.3) is 0 Å². The third kappa shape index (κ3) is 3.56. The van der Waals surface area contributed by atoms with Gasteiger partial charge >= 0.3 is 0 Å². The standard InChI is InChI=1S/C11H25N3/c1-5-10(2)14-7-6-12-11(9-14)8-13(3)4/h10-12H,5-9H2,1-4H3. The third-order valence-electron chi connectivity index (χ3n) is 3.09. The Labute approximate surface area is 88.5 Å². The van der Waals surface area contributed by atoms with Crippen LogP contribution in [0.4, 0.5) is 0 Å². The van der Waals surface area contributed by atoms with Gasteiger partial charge in [-0.2, -0.15) is 0 Å². The van der Waals surface area contributed by atoms with Crippen LogP contribution in [-0.2, 0) is 0 Å². The molecule has 1 heterocycles. The predicted molar refractivity (Wildman–Crippen MR) is 61.7 cm³/mol. The van der Waals surface area contributed by atoms with E-state index in [2.05, 4.69) is 43.1 Å². The van der Waals surface area contributed by atoms with E-state index in [9.17, 15) is 0 Å². The molecule has 0 aromatic rings. The lowest BCUT2D eigenvalue weighted by molar-refractivity contribution is 0.136. The number of nitrogens with one attached hydrogen (secondary N) is 1. The molecule has 0 radical (unpaired) electrons. The summed E-state index contributed by atoms with van der Waals surface area (Å²) in [5.74, 6) is 0. The number of nitrogens with zero attached hydrogens (tertiary/aromatic N) is 2. The molecule has 0 aromatic heterocycles. The average Bonchev–Trinajstić information content (AvgIpc) is 2.16. The van der Waals surface area contributed by atoms with Crippen LogP contribution in [0.15, 0.2) is 0 Å². The second-order valence-electron chi connectivity index (χ2n) is 4.67. The minimum atomic E-state index is 0.646. The van der Waals surface area contributed by atoms with Crippen molar-refractivity contribution in [2.75, 3.05) is 40.3 Å². The molecule has 1 aliphatic heterocycles. The largest absolute Gasteiger partial charge is 0.310 e. The zero-order chi connectivity index (χ0) is 10.6. The van der Waals surface area contributed by atoms with E-state index in [-0.39, 0.29) is 0 Å². The molecule has 1 rings (SSSR count). The van der Waals surface area contributed by atoms with Gasteiger partial charge in [0.1, 0.15) is 0 Å². The molecule has 0 spiro atoms. The normalized spacial score (nSPS) is 26.8. The molecular weight excluding hydrogens is 174 g/mol. The van der Waals surface area contributed by atoms with Crippen molar-refractivity contribution in [3.63, 3.8) is 0 Å². The summed E-state index contributed by atoms with van der Waals surface area (Å²) in [5, 5.41) is 3.58. The van der Waals surface area contributed by atoms with Gasteiger partial charge in [0.05, 0.1) is 0 Å². The van der Waals surface area contributed by atoms with Crippen LogP contribution in [0, 0.1) is 0 Å². The molecule has 1 N–H and O–H groups in total. The maximum atomic E-state index is 3.58. The summed E-state index contributed by atoms with van der Waals surface area (Å²) in [6.45, 7) is 9.30. The Hall–Kier alpha value is -0.120. The molecule has 0 amide bonds. The van der Waals surface area contributed by atoms with Gasteiger partial charge in [-0.15, -0.1) is 0 Å². The topological polar surface area (TPSA) is 18.5 Å². The highest BCUT2D eigenvalue weighted by Crippen LogP contribution is 2.07. The summed E-state index contributed by atoms with van der Waals surface area (Å²) in [7, 11) is 4.29. The van der Waals surface area contributed by atoms with Crippen LogP contribution >= 0.6 is 0 Å². The fourth-order valence-corrected chi connectivity index (χ4v) is 2.07. The third-order valence-corrected chi connectivity index (χ3v) is 3.09. The first-order chi connectivity index (χ1) is 6.63. The summed E-state index contributed by atoms with van der Waals surface area (Å²) in [5.41, 5.74) is 0. The Kier molecular flexibility index (Phi) is 4.85. The summed E-state index contributed by atoms with van der Waals surface area (Å²) < 4.78 is 0. The van der Waals surface area contributed by atoms with E-state index < -0.39 is 0 Å². The quantitative estimate of drug-likeness (QED) is 0.716. The van der Waals surface area contributed by atoms with Gasteiger partial charge in [-0.1, -0.05) is 6.92 Å². The SMILES string of the molecule is CCC(C)N1CCNC(CN(C)C)C1. The van der Waals surface area contributed by atoms with Crippen molar-refractivity contribution in [2.24, 2.45) is 0 Å². The minimum Gasteiger partial charge on any atom is -0.310 e. The second-order valence-corrected chi connectivity index (χ2v) is 4.67. The Balaban J connectivity index is 2.35. The van der Waals surface area contributed by atoms with Crippen LogP contribution in [0.1, 0.15) is 20.3 Å². The van der Waals surface area contributed by atoms with Gasteiger partial charge in [0, 0.05) is 38.3 Å². The molecule has 2 unspecified atom stereocenters. The maximum Gasteiger partial charge on any atom is 0.0323 e. The second kappa shape index (κ2) is 5.69. The summed E-state index contributed by atoms with van der Waals surface area (Å²) in [6, 6.07) is 1.38. The van der Waals surface area contributed by atoms with Gasteiger partial charge in [0.2, 0.25) is 0 Å². The van der Waals surface area contributed by atoms with Crippen LogP contribution in [0.3, 0.4) is 0 Å². The van der Waals surface area contributed by atoms with Gasteiger partial charge in [-0.25, -0.2) is 0 Å². The maximum absolute atomic E-state index is 3.58. The number of hydrogen-bond acceptors (Lipinski definition) is 3. The highest BCUT2D eigenvalue weighted by Gasteiger charge is 2.22. The monoisotopic (exact) mass is 199 g/mol. The van der Waals surface area contributed by atoms with Crippen LogP contribution in [0.25, 0.3) is 0 Å². The first kappa shape index (κ1) is 12.0. The molecular formula is C11H25N3. The Morgan fingerprint density at radius 3 is 2.79 bits per heavy atom. The Bertz CT molecular complexity index is 159. The molecule has 0 bridgehead atoms. The fourth-order valence-electron chi connectivity index (χ4n) is 2.07. The lowest BCUT2D eigenvalue weighted by Gasteiger charge is -2.38. The fraction of sp³-hybridized carbons (Fsp3) is 1.00. The van der Waals surface area contributed by atoms with E-state index >= 15 is 0 Å². The molecule has 0 saturated carbocycles. The van der Waals surface area contributed by atoms with E-state index in [4.69, 9.17) is 0 Å². The van der Waals surface area contributed by atoms with Crippen molar-refractivity contribution in [3.8, 4) is 0 Å². The zero-order valence-electron chi connectivity index (χ0n) is 10.1.